The van der Waals surface area contributed by atoms with E-state index in [-0.39, 0.29) is 4.90 Å². The van der Waals surface area contributed by atoms with Gasteiger partial charge in [-0.15, -0.1) is 0 Å². The molecule has 0 unspecified atom stereocenters. The summed E-state index contributed by atoms with van der Waals surface area (Å²) < 4.78 is 39.0. The molecule has 0 aliphatic carbocycles. The maximum Gasteiger partial charge on any atom is 0.207 e. The van der Waals surface area contributed by atoms with Crippen LogP contribution < -0.4 is 0 Å². The van der Waals surface area contributed by atoms with Crippen LogP contribution in [0.3, 0.4) is 0 Å². The number of halogens is 1. The molecule has 0 N–H and O–H groups in total. The quantitative estimate of drug-likeness (QED) is 0.801. The van der Waals surface area contributed by atoms with Crippen LogP contribution in [0.5, 0.6) is 0 Å². The van der Waals surface area contributed by atoms with E-state index in [1.165, 1.54) is 6.07 Å². The van der Waals surface area contributed by atoms with Gasteiger partial charge in [0.05, 0.1) is 9.79 Å². The average Bonchev–Trinajstić information content (AvgIpc) is 2.54. The summed E-state index contributed by atoms with van der Waals surface area (Å²) in [6, 6.07) is 9.53. The Balaban J connectivity index is 2.24. The number of benzene rings is 2. The Hall–Kier alpha value is -1.68. The second-order valence-corrected chi connectivity index (χ2v) is 7.66. The van der Waals surface area contributed by atoms with Gasteiger partial charge in [0, 0.05) is 0 Å². The SMILES string of the molecule is CC(C)c1ccc2c(c1)CCc1ccc(F)cc1S2(=O)=O. The van der Waals surface area contributed by atoms with Crippen molar-refractivity contribution in [3.8, 4) is 0 Å². The molecule has 0 fully saturated rings. The Morgan fingerprint density at radius 2 is 1.67 bits per heavy atom. The molecule has 0 saturated heterocycles. The highest BCUT2D eigenvalue weighted by molar-refractivity contribution is 7.91. The summed E-state index contributed by atoms with van der Waals surface area (Å²) in [6.07, 6.45) is 1.27. The molecule has 4 heteroatoms. The second-order valence-electron chi connectivity index (χ2n) is 5.78. The summed E-state index contributed by atoms with van der Waals surface area (Å²) in [5.74, 6) is -0.166. The van der Waals surface area contributed by atoms with E-state index in [0.717, 1.165) is 17.2 Å². The minimum atomic E-state index is -3.64. The Morgan fingerprint density at radius 1 is 0.952 bits per heavy atom. The number of hydrogen-bond donors (Lipinski definition) is 0. The summed E-state index contributed by atoms with van der Waals surface area (Å²) in [6.45, 7) is 4.16. The molecule has 0 amide bonds. The topological polar surface area (TPSA) is 34.1 Å². The van der Waals surface area contributed by atoms with Gasteiger partial charge in [0.25, 0.3) is 0 Å². The van der Waals surface area contributed by atoms with E-state index in [2.05, 4.69) is 13.8 Å². The molecule has 2 nitrogen and oxygen atoms in total. The van der Waals surface area contributed by atoms with Crippen LogP contribution >= 0.6 is 0 Å². The standard InChI is InChI=1S/C17H17FO2S/c1-11(2)13-6-8-16-14(9-13)4-3-12-5-7-15(18)10-17(12)21(16,19)20/h5-11H,3-4H2,1-2H3. The predicted octanol–water partition coefficient (Wildman–Crippen LogP) is 3.88. The van der Waals surface area contributed by atoms with Crippen molar-refractivity contribution in [2.45, 2.75) is 42.4 Å². The molecule has 3 rings (SSSR count). The first-order chi connectivity index (χ1) is 9.89. The fourth-order valence-corrected chi connectivity index (χ4v) is 4.56. The third-order valence-corrected chi connectivity index (χ3v) is 5.96. The lowest BCUT2D eigenvalue weighted by molar-refractivity contribution is 0.590. The summed E-state index contributed by atoms with van der Waals surface area (Å²) in [5.41, 5.74) is 2.65. The van der Waals surface area contributed by atoms with Crippen molar-refractivity contribution in [3.63, 3.8) is 0 Å². The highest BCUT2D eigenvalue weighted by Crippen LogP contribution is 2.33. The Kier molecular flexibility index (Phi) is 3.36. The third kappa shape index (κ3) is 2.38. The molecule has 1 aliphatic heterocycles. The van der Waals surface area contributed by atoms with E-state index in [1.54, 1.807) is 12.1 Å². The van der Waals surface area contributed by atoms with Gasteiger partial charge in [0.15, 0.2) is 0 Å². The van der Waals surface area contributed by atoms with E-state index in [9.17, 15) is 12.8 Å². The first kappa shape index (κ1) is 14.3. The van der Waals surface area contributed by atoms with Crippen LogP contribution in [0.2, 0.25) is 0 Å². The van der Waals surface area contributed by atoms with Crippen molar-refractivity contribution in [2.24, 2.45) is 0 Å². The number of fused-ring (bicyclic) bond motifs is 2. The van der Waals surface area contributed by atoms with Crippen molar-refractivity contribution in [3.05, 3.63) is 58.9 Å². The van der Waals surface area contributed by atoms with E-state index < -0.39 is 15.7 Å². The van der Waals surface area contributed by atoms with Crippen LogP contribution in [0.15, 0.2) is 46.2 Å². The Bertz CT molecular complexity index is 808. The summed E-state index contributed by atoms with van der Waals surface area (Å²) in [4.78, 5) is 0.426. The van der Waals surface area contributed by atoms with Crippen LogP contribution in [0.25, 0.3) is 0 Å². The zero-order chi connectivity index (χ0) is 15.2. The molecule has 0 bridgehead atoms. The van der Waals surface area contributed by atoms with E-state index >= 15 is 0 Å². The monoisotopic (exact) mass is 304 g/mol. The third-order valence-electron chi connectivity index (χ3n) is 4.02. The first-order valence-electron chi connectivity index (χ1n) is 7.06. The van der Waals surface area contributed by atoms with Crippen molar-refractivity contribution >= 4 is 9.84 Å². The number of sulfone groups is 1. The zero-order valence-electron chi connectivity index (χ0n) is 12.1. The van der Waals surface area contributed by atoms with E-state index in [0.29, 0.717) is 29.2 Å². The van der Waals surface area contributed by atoms with Crippen LogP contribution in [0.4, 0.5) is 4.39 Å². The van der Waals surface area contributed by atoms with Crippen molar-refractivity contribution in [1.82, 2.24) is 0 Å². The first-order valence-corrected chi connectivity index (χ1v) is 8.54. The lowest BCUT2D eigenvalue weighted by Crippen LogP contribution is -2.05. The van der Waals surface area contributed by atoms with Crippen molar-refractivity contribution in [1.29, 1.82) is 0 Å². The molecule has 0 aromatic heterocycles. The summed E-state index contributed by atoms with van der Waals surface area (Å²) in [7, 11) is -3.64. The fourth-order valence-electron chi connectivity index (χ4n) is 2.79. The molecule has 0 atom stereocenters. The molecule has 0 radical (unpaired) electrons. The Labute approximate surface area is 124 Å². The molecule has 1 aliphatic rings. The molecule has 21 heavy (non-hydrogen) atoms. The minimum Gasteiger partial charge on any atom is -0.218 e. The molecule has 0 spiro atoms. The van der Waals surface area contributed by atoms with Crippen LogP contribution in [-0.2, 0) is 22.7 Å². The largest absolute Gasteiger partial charge is 0.218 e. The van der Waals surface area contributed by atoms with Gasteiger partial charge < -0.3 is 0 Å². The van der Waals surface area contributed by atoms with Gasteiger partial charge in [-0.25, -0.2) is 12.8 Å². The van der Waals surface area contributed by atoms with Crippen LogP contribution in [0.1, 0.15) is 36.5 Å². The van der Waals surface area contributed by atoms with Gasteiger partial charge in [-0.2, -0.15) is 0 Å². The molecule has 2 aromatic rings. The van der Waals surface area contributed by atoms with Crippen molar-refractivity contribution in [2.75, 3.05) is 0 Å². The Morgan fingerprint density at radius 3 is 2.38 bits per heavy atom. The van der Waals surface area contributed by atoms with Gasteiger partial charge in [-0.1, -0.05) is 32.0 Å². The predicted molar refractivity (Wildman–Crippen MR) is 79.8 cm³/mol. The summed E-state index contributed by atoms with van der Waals surface area (Å²) >= 11 is 0. The summed E-state index contributed by atoms with van der Waals surface area (Å²) in [5, 5.41) is 0. The molecule has 1 heterocycles. The van der Waals surface area contributed by atoms with E-state index in [1.807, 2.05) is 12.1 Å². The molecule has 2 aromatic carbocycles. The van der Waals surface area contributed by atoms with Crippen LogP contribution in [0, 0.1) is 5.82 Å². The van der Waals surface area contributed by atoms with Gasteiger partial charge in [0.2, 0.25) is 9.84 Å². The van der Waals surface area contributed by atoms with Gasteiger partial charge >= 0.3 is 0 Å². The molecule has 110 valence electrons. The lowest BCUT2D eigenvalue weighted by atomic mass is 9.98. The van der Waals surface area contributed by atoms with Crippen molar-refractivity contribution < 1.29 is 12.8 Å². The van der Waals surface area contributed by atoms with Gasteiger partial charge in [0.1, 0.15) is 5.82 Å². The number of aryl methyl sites for hydroxylation is 2. The maximum absolute atomic E-state index is 13.5. The zero-order valence-corrected chi connectivity index (χ0v) is 12.9. The lowest BCUT2D eigenvalue weighted by Gasteiger charge is -2.11. The fraction of sp³-hybridized carbons (Fsp3) is 0.294. The smallest absolute Gasteiger partial charge is 0.207 e. The van der Waals surface area contributed by atoms with Gasteiger partial charge in [-0.05, 0) is 53.6 Å². The molecular weight excluding hydrogens is 287 g/mol. The molecular formula is C17H17FO2S. The minimum absolute atomic E-state index is 0.110. The number of hydrogen-bond acceptors (Lipinski definition) is 2. The highest BCUT2D eigenvalue weighted by Gasteiger charge is 2.28. The maximum atomic E-state index is 13.5. The van der Waals surface area contributed by atoms with Crippen LogP contribution in [-0.4, -0.2) is 8.42 Å². The normalized spacial score (nSPS) is 16.2. The highest BCUT2D eigenvalue weighted by atomic mass is 32.2. The second kappa shape index (κ2) is 4.95. The average molecular weight is 304 g/mol. The van der Waals surface area contributed by atoms with E-state index in [4.69, 9.17) is 0 Å². The number of rotatable bonds is 1. The molecule has 0 saturated carbocycles. The van der Waals surface area contributed by atoms with Gasteiger partial charge in [-0.3, -0.25) is 0 Å².